The van der Waals surface area contributed by atoms with Crippen LogP contribution in [0.15, 0.2) is 48.8 Å². The summed E-state index contributed by atoms with van der Waals surface area (Å²) in [6.45, 7) is 11.8. The Morgan fingerprint density at radius 2 is 1.71 bits per heavy atom. The Balaban J connectivity index is 1.67. The molecular weight excluding hydrogens is 629 g/mol. The molecule has 1 aliphatic rings. The molecule has 4 rings (SSSR count). The van der Waals surface area contributed by atoms with Crippen molar-refractivity contribution in [3.63, 3.8) is 0 Å². The van der Waals surface area contributed by atoms with Gasteiger partial charge >= 0.3 is 12.3 Å². The van der Waals surface area contributed by atoms with Crippen molar-refractivity contribution in [2.24, 2.45) is 0 Å². The Bertz CT molecular complexity index is 1660. The first-order valence-electron chi connectivity index (χ1n) is 15.5. The van der Waals surface area contributed by atoms with Gasteiger partial charge in [-0.2, -0.15) is 13.2 Å². The van der Waals surface area contributed by atoms with Gasteiger partial charge in [-0.15, -0.1) is 0 Å². The van der Waals surface area contributed by atoms with Crippen LogP contribution in [0.5, 0.6) is 5.75 Å². The second-order valence-corrected chi connectivity index (χ2v) is 12.7. The normalized spacial score (nSPS) is 16.2. The van der Waals surface area contributed by atoms with Crippen molar-refractivity contribution in [1.29, 1.82) is 0 Å². The Labute approximate surface area is 277 Å². The van der Waals surface area contributed by atoms with E-state index in [2.05, 4.69) is 20.6 Å². The molecule has 1 fully saturated rings. The molecule has 1 aromatic carbocycles. The smallest absolute Gasteiger partial charge is 0.416 e. The third kappa shape index (κ3) is 9.00. The highest BCUT2D eigenvalue weighted by Gasteiger charge is 2.35. The fraction of sp³-hybridized carbons (Fsp3) is 0.441. The standard InChI is InChI=1S/C34H41F3N6O5/c1-20-9-8-11-40-29(20)41-31(45)24-17-25(30(44)38-7)27(15-21(24)2)47-28(26-16-23(10-12-39-26)34(35,36)37)19-42-13-14-43(22(3)18-42)32(46)48-33(4,5)6/h8-12,15-17,22,28H,13-14,18-19H2,1-7H3,(H,38,44)(H,40,41,45)/t22-,28?/m1/s1. The number of rotatable bonds is 8. The molecule has 0 radical (unpaired) electrons. The average molecular weight is 671 g/mol. The van der Waals surface area contributed by atoms with E-state index in [-0.39, 0.29) is 35.2 Å². The highest BCUT2D eigenvalue weighted by molar-refractivity contribution is 6.07. The van der Waals surface area contributed by atoms with Crippen molar-refractivity contribution in [3.05, 3.63) is 82.3 Å². The minimum atomic E-state index is -4.62. The number of aryl methyl sites for hydroxylation is 2. The van der Waals surface area contributed by atoms with Crippen molar-refractivity contribution in [2.45, 2.75) is 65.5 Å². The molecule has 1 aliphatic heterocycles. The first-order chi connectivity index (χ1) is 22.5. The number of nitrogens with zero attached hydrogens (tertiary/aromatic N) is 4. The number of alkyl halides is 3. The second kappa shape index (κ2) is 14.6. The number of amides is 3. The van der Waals surface area contributed by atoms with Gasteiger partial charge in [-0.1, -0.05) is 6.07 Å². The number of ether oxygens (including phenoxy) is 2. The predicted molar refractivity (Wildman–Crippen MR) is 173 cm³/mol. The molecule has 258 valence electrons. The van der Waals surface area contributed by atoms with E-state index >= 15 is 0 Å². The lowest BCUT2D eigenvalue weighted by Crippen LogP contribution is -2.55. The first kappa shape index (κ1) is 36.1. The molecular formula is C34H41F3N6O5. The maximum Gasteiger partial charge on any atom is 0.416 e. The van der Waals surface area contributed by atoms with Crippen LogP contribution in [0.25, 0.3) is 0 Å². The Hall–Kier alpha value is -4.72. The maximum absolute atomic E-state index is 13.8. The summed E-state index contributed by atoms with van der Waals surface area (Å²) in [6.07, 6.45) is -3.53. The van der Waals surface area contributed by atoms with Crippen LogP contribution >= 0.6 is 0 Å². The number of carbonyl (C=O) groups is 3. The SMILES string of the molecule is CNC(=O)c1cc(C(=O)Nc2ncccc2C)c(C)cc1OC(CN1CCN(C(=O)OC(C)(C)C)[C@H](C)C1)c1cc(C(F)(F)F)ccn1. The van der Waals surface area contributed by atoms with Gasteiger partial charge in [-0.05, 0) is 83.0 Å². The molecule has 1 unspecified atom stereocenters. The van der Waals surface area contributed by atoms with Crippen molar-refractivity contribution >= 4 is 23.7 Å². The fourth-order valence-corrected chi connectivity index (χ4v) is 5.30. The number of hydrogen-bond donors (Lipinski definition) is 2. The highest BCUT2D eigenvalue weighted by Crippen LogP contribution is 2.33. The molecule has 2 atom stereocenters. The van der Waals surface area contributed by atoms with Crippen molar-refractivity contribution < 1.29 is 37.0 Å². The van der Waals surface area contributed by atoms with Gasteiger partial charge in [-0.25, -0.2) is 9.78 Å². The number of carbonyl (C=O) groups excluding carboxylic acids is 3. The topological polar surface area (TPSA) is 126 Å². The largest absolute Gasteiger partial charge is 0.482 e. The Morgan fingerprint density at radius 3 is 2.33 bits per heavy atom. The maximum atomic E-state index is 13.8. The molecule has 0 spiro atoms. The number of aromatic nitrogens is 2. The molecule has 3 heterocycles. The van der Waals surface area contributed by atoms with Crippen LogP contribution in [0, 0.1) is 13.8 Å². The summed E-state index contributed by atoms with van der Waals surface area (Å²) < 4.78 is 53.2. The molecule has 0 bridgehead atoms. The van der Waals surface area contributed by atoms with E-state index in [0.29, 0.717) is 31.0 Å². The molecule has 0 aliphatic carbocycles. The van der Waals surface area contributed by atoms with Crippen molar-refractivity contribution in [3.8, 4) is 5.75 Å². The summed E-state index contributed by atoms with van der Waals surface area (Å²) in [4.78, 5) is 51.2. The Morgan fingerprint density at radius 1 is 0.979 bits per heavy atom. The molecule has 0 saturated carbocycles. The van der Waals surface area contributed by atoms with Crippen LogP contribution in [0.1, 0.15) is 76.9 Å². The van der Waals surface area contributed by atoms with Crippen LogP contribution in [0.3, 0.4) is 0 Å². The van der Waals surface area contributed by atoms with Gasteiger partial charge in [0.25, 0.3) is 11.8 Å². The summed E-state index contributed by atoms with van der Waals surface area (Å²) in [6, 6.07) is 7.95. The lowest BCUT2D eigenvalue weighted by molar-refractivity contribution is -0.137. The first-order valence-corrected chi connectivity index (χ1v) is 15.5. The van der Waals surface area contributed by atoms with Gasteiger partial charge in [0.15, 0.2) is 6.10 Å². The second-order valence-electron chi connectivity index (χ2n) is 12.7. The van der Waals surface area contributed by atoms with E-state index in [0.717, 1.165) is 23.9 Å². The lowest BCUT2D eigenvalue weighted by atomic mass is 10.0. The van der Waals surface area contributed by atoms with E-state index in [1.54, 1.807) is 57.8 Å². The molecule has 48 heavy (non-hydrogen) atoms. The van der Waals surface area contributed by atoms with E-state index in [1.807, 2.05) is 11.8 Å². The molecule has 14 heteroatoms. The summed E-state index contributed by atoms with van der Waals surface area (Å²) in [5.74, 6) is -0.648. The van der Waals surface area contributed by atoms with Gasteiger partial charge in [0.1, 0.15) is 17.2 Å². The summed E-state index contributed by atoms with van der Waals surface area (Å²) in [7, 11) is 1.42. The van der Waals surface area contributed by atoms with Crippen LogP contribution in [-0.2, 0) is 10.9 Å². The minimum absolute atomic E-state index is 0.00000594. The number of anilines is 1. The van der Waals surface area contributed by atoms with Crippen molar-refractivity contribution in [2.75, 3.05) is 38.5 Å². The van der Waals surface area contributed by atoms with Gasteiger partial charge in [0, 0.05) is 57.2 Å². The summed E-state index contributed by atoms with van der Waals surface area (Å²) in [5, 5.41) is 5.30. The quantitative estimate of drug-likeness (QED) is 0.309. The molecule has 2 aromatic heterocycles. The number of nitrogens with one attached hydrogen (secondary N) is 2. The number of benzene rings is 1. The van der Waals surface area contributed by atoms with E-state index in [1.165, 1.54) is 19.2 Å². The molecule has 2 N–H and O–H groups in total. The molecule has 3 amide bonds. The lowest BCUT2D eigenvalue weighted by Gasteiger charge is -2.41. The zero-order valence-corrected chi connectivity index (χ0v) is 28.1. The van der Waals surface area contributed by atoms with E-state index < -0.39 is 41.4 Å². The average Bonchev–Trinajstić information content (AvgIpc) is 3.00. The van der Waals surface area contributed by atoms with Crippen LogP contribution < -0.4 is 15.4 Å². The molecule has 3 aromatic rings. The zero-order valence-electron chi connectivity index (χ0n) is 28.1. The summed E-state index contributed by atoms with van der Waals surface area (Å²) in [5.41, 5.74) is -0.176. The van der Waals surface area contributed by atoms with E-state index in [9.17, 15) is 27.6 Å². The number of halogens is 3. The monoisotopic (exact) mass is 670 g/mol. The van der Waals surface area contributed by atoms with E-state index in [4.69, 9.17) is 9.47 Å². The third-order valence-corrected chi connectivity index (χ3v) is 7.76. The minimum Gasteiger partial charge on any atom is -0.482 e. The predicted octanol–water partition coefficient (Wildman–Crippen LogP) is 5.79. The van der Waals surface area contributed by atoms with Crippen molar-refractivity contribution in [1.82, 2.24) is 25.1 Å². The number of piperazine rings is 1. The third-order valence-electron chi connectivity index (χ3n) is 7.76. The van der Waals surface area contributed by atoms with Crippen LogP contribution in [-0.4, -0.2) is 82.5 Å². The number of pyridine rings is 2. The number of hydrogen-bond acceptors (Lipinski definition) is 8. The van der Waals surface area contributed by atoms with Crippen LogP contribution in [0.4, 0.5) is 23.8 Å². The van der Waals surface area contributed by atoms with Gasteiger partial charge in [0.2, 0.25) is 0 Å². The van der Waals surface area contributed by atoms with Crippen LogP contribution in [0.2, 0.25) is 0 Å². The highest BCUT2D eigenvalue weighted by atomic mass is 19.4. The molecule has 11 nitrogen and oxygen atoms in total. The Kier molecular flexibility index (Phi) is 11.0. The van der Waals surface area contributed by atoms with Gasteiger partial charge in [0.05, 0.1) is 16.8 Å². The van der Waals surface area contributed by atoms with Gasteiger partial charge < -0.3 is 25.0 Å². The fourth-order valence-electron chi connectivity index (χ4n) is 5.30. The molecule has 1 saturated heterocycles. The summed E-state index contributed by atoms with van der Waals surface area (Å²) >= 11 is 0. The van der Waals surface area contributed by atoms with Gasteiger partial charge in [-0.3, -0.25) is 19.5 Å². The zero-order chi connectivity index (χ0) is 35.4.